The molecule has 26 heavy (non-hydrogen) atoms. The Hall–Kier alpha value is -2.91. The first-order chi connectivity index (χ1) is 12.8. The summed E-state index contributed by atoms with van der Waals surface area (Å²) in [6.45, 7) is 0. The summed E-state index contributed by atoms with van der Waals surface area (Å²) in [5.74, 6) is 1.41. The van der Waals surface area contributed by atoms with Crippen LogP contribution in [0.2, 0.25) is 0 Å². The molecule has 4 aromatic rings. The zero-order valence-electron chi connectivity index (χ0n) is 14.0. The number of aromatic nitrogens is 1. The highest BCUT2D eigenvalue weighted by Gasteiger charge is 2.07. The number of halogens is 1. The molecular formula is C23H16BrNO. The number of hydrogen-bond acceptors (Lipinski definition) is 2. The summed E-state index contributed by atoms with van der Waals surface area (Å²) in [7, 11) is 0. The predicted octanol–water partition coefficient (Wildman–Crippen LogP) is 6.94. The predicted molar refractivity (Wildman–Crippen MR) is 110 cm³/mol. The highest BCUT2D eigenvalue weighted by Crippen LogP contribution is 2.26. The largest absolute Gasteiger partial charge is 0.436 e. The van der Waals surface area contributed by atoms with Crippen LogP contribution < -0.4 is 0 Å². The van der Waals surface area contributed by atoms with Crippen LogP contribution in [-0.4, -0.2) is 4.98 Å². The summed E-state index contributed by atoms with van der Waals surface area (Å²) in [5, 5.41) is 0. The van der Waals surface area contributed by atoms with E-state index >= 15 is 0 Å². The van der Waals surface area contributed by atoms with Crippen LogP contribution in [0, 0.1) is 0 Å². The highest BCUT2D eigenvalue weighted by molar-refractivity contribution is 9.10. The molecule has 0 radical (unpaired) electrons. The van der Waals surface area contributed by atoms with E-state index in [1.165, 1.54) is 0 Å². The summed E-state index contributed by atoms with van der Waals surface area (Å²) in [6.07, 6.45) is 5.96. The zero-order chi connectivity index (χ0) is 17.8. The van der Waals surface area contributed by atoms with Gasteiger partial charge < -0.3 is 4.42 Å². The minimum Gasteiger partial charge on any atom is -0.436 e. The van der Waals surface area contributed by atoms with Gasteiger partial charge >= 0.3 is 0 Å². The molecule has 1 heterocycles. The van der Waals surface area contributed by atoms with Crippen LogP contribution >= 0.6 is 15.9 Å². The Morgan fingerprint density at radius 3 is 1.96 bits per heavy atom. The molecule has 0 spiro atoms. The molecule has 3 heteroatoms. The molecule has 0 saturated heterocycles. The van der Waals surface area contributed by atoms with E-state index in [1.54, 1.807) is 6.20 Å². The molecule has 0 unspecified atom stereocenters. The lowest BCUT2D eigenvalue weighted by atomic mass is 10.1. The molecule has 2 nitrogen and oxygen atoms in total. The summed E-state index contributed by atoms with van der Waals surface area (Å²) >= 11 is 3.45. The average molecular weight is 402 g/mol. The van der Waals surface area contributed by atoms with E-state index in [1.807, 2.05) is 54.6 Å². The molecule has 0 bridgehead atoms. The fourth-order valence-electron chi connectivity index (χ4n) is 2.65. The fraction of sp³-hybridized carbons (Fsp3) is 0. The van der Waals surface area contributed by atoms with Crippen molar-refractivity contribution < 1.29 is 4.42 Å². The van der Waals surface area contributed by atoms with E-state index in [0.29, 0.717) is 5.89 Å². The normalized spacial score (nSPS) is 11.1. The van der Waals surface area contributed by atoms with Crippen molar-refractivity contribution in [2.75, 3.05) is 0 Å². The van der Waals surface area contributed by atoms with E-state index in [4.69, 9.17) is 4.42 Å². The van der Waals surface area contributed by atoms with Crippen LogP contribution in [0.15, 0.2) is 93.9 Å². The van der Waals surface area contributed by atoms with Crippen LogP contribution in [0.3, 0.4) is 0 Å². The van der Waals surface area contributed by atoms with Crippen molar-refractivity contribution in [2.45, 2.75) is 0 Å². The van der Waals surface area contributed by atoms with Crippen molar-refractivity contribution in [3.8, 4) is 22.8 Å². The van der Waals surface area contributed by atoms with E-state index in [-0.39, 0.29) is 0 Å². The molecule has 3 aromatic carbocycles. The minimum atomic E-state index is 0.632. The van der Waals surface area contributed by atoms with Gasteiger partial charge in [0.2, 0.25) is 5.89 Å². The second-order valence-corrected chi connectivity index (χ2v) is 6.82. The molecule has 0 saturated carbocycles. The molecule has 1 aromatic heterocycles. The van der Waals surface area contributed by atoms with Gasteiger partial charge in [-0.2, -0.15) is 0 Å². The van der Waals surface area contributed by atoms with E-state index in [2.05, 4.69) is 57.3 Å². The smallest absolute Gasteiger partial charge is 0.226 e. The number of benzene rings is 3. The van der Waals surface area contributed by atoms with Gasteiger partial charge in [0.25, 0.3) is 0 Å². The topological polar surface area (TPSA) is 26.0 Å². The monoisotopic (exact) mass is 401 g/mol. The van der Waals surface area contributed by atoms with Crippen LogP contribution in [0.1, 0.15) is 11.1 Å². The maximum atomic E-state index is 5.90. The molecule has 0 aliphatic carbocycles. The Kier molecular flexibility index (Phi) is 4.80. The molecular weight excluding hydrogens is 386 g/mol. The molecule has 0 aliphatic rings. The first-order valence-corrected chi connectivity index (χ1v) is 9.12. The number of nitrogens with zero attached hydrogens (tertiary/aromatic N) is 1. The lowest BCUT2D eigenvalue weighted by Gasteiger charge is -1.99. The number of hydrogen-bond donors (Lipinski definition) is 0. The molecule has 0 fully saturated rings. The van der Waals surface area contributed by atoms with E-state index in [9.17, 15) is 0 Å². The van der Waals surface area contributed by atoms with Crippen LogP contribution in [0.5, 0.6) is 0 Å². The Labute approximate surface area is 161 Å². The number of oxazole rings is 1. The van der Waals surface area contributed by atoms with E-state index < -0.39 is 0 Å². The van der Waals surface area contributed by atoms with Gasteiger partial charge in [-0.15, -0.1) is 0 Å². The van der Waals surface area contributed by atoms with Gasteiger partial charge in [0.05, 0.1) is 6.20 Å². The second kappa shape index (κ2) is 7.54. The summed E-state index contributed by atoms with van der Waals surface area (Å²) < 4.78 is 6.99. The maximum absolute atomic E-state index is 5.90. The SMILES string of the molecule is Brc1ccc(/C=C/c2ccc(-c3ncc(-c4ccccc4)o3)cc2)cc1. The Bertz CT molecular complexity index is 1020. The third-order valence-electron chi connectivity index (χ3n) is 4.06. The molecule has 0 atom stereocenters. The second-order valence-electron chi connectivity index (χ2n) is 5.90. The highest BCUT2D eigenvalue weighted by atomic mass is 79.9. The number of rotatable bonds is 4. The van der Waals surface area contributed by atoms with Crippen molar-refractivity contribution in [2.24, 2.45) is 0 Å². The van der Waals surface area contributed by atoms with Gasteiger partial charge in [-0.3, -0.25) is 0 Å². The molecule has 126 valence electrons. The van der Waals surface area contributed by atoms with Crippen molar-refractivity contribution >= 4 is 28.1 Å². The van der Waals surface area contributed by atoms with Crippen molar-refractivity contribution in [3.05, 3.63) is 101 Å². The quantitative estimate of drug-likeness (QED) is 0.346. The lowest BCUT2D eigenvalue weighted by Crippen LogP contribution is -1.78. The van der Waals surface area contributed by atoms with E-state index in [0.717, 1.165) is 32.5 Å². The molecule has 0 amide bonds. The molecule has 0 N–H and O–H groups in total. The summed E-state index contributed by atoms with van der Waals surface area (Å²) in [4.78, 5) is 4.41. The standard InChI is InChI=1S/C23H16BrNO/c24-21-14-10-18(11-15-21)7-6-17-8-12-20(13-9-17)23-25-16-22(26-23)19-4-2-1-3-5-19/h1-16H/b7-6+. The first-order valence-electron chi connectivity index (χ1n) is 8.33. The third kappa shape index (κ3) is 3.84. The van der Waals surface area contributed by atoms with Crippen molar-refractivity contribution in [3.63, 3.8) is 0 Å². The van der Waals surface area contributed by atoms with Gasteiger partial charge in [-0.1, -0.05) is 82.7 Å². The average Bonchev–Trinajstić information content (AvgIpc) is 3.19. The van der Waals surface area contributed by atoms with Gasteiger partial charge in [0, 0.05) is 15.6 Å². The Balaban J connectivity index is 1.51. The molecule has 4 rings (SSSR count). The lowest BCUT2D eigenvalue weighted by molar-refractivity contribution is 0.589. The fourth-order valence-corrected chi connectivity index (χ4v) is 2.91. The van der Waals surface area contributed by atoms with Gasteiger partial charge in [-0.25, -0.2) is 4.98 Å². The third-order valence-corrected chi connectivity index (χ3v) is 4.59. The van der Waals surface area contributed by atoms with Gasteiger partial charge in [0.15, 0.2) is 5.76 Å². The Morgan fingerprint density at radius 2 is 1.31 bits per heavy atom. The summed E-state index contributed by atoms with van der Waals surface area (Å²) in [6, 6.07) is 26.4. The maximum Gasteiger partial charge on any atom is 0.226 e. The van der Waals surface area contributed by atoms with Crippen molar-refractivity contribution in [1.29, 1.82) is 0 Å². The van der Waals surface area contributed by atoms with Gasteiger partial charge in [-0.05, 0) is 35.4 Å². The molecule has 0 aliphatic heterocycles. The first kappa shape index (κ1) is 16.6. The van der Waals surface area contributed by atoms with Crippen LogP contribution in [0.25, 0.3) is 34.9 Å². The Morgan fingerprint density at radius 1 is 0.692 bits per heavy atom. The van der Waals surface area contributed by atoms with Crippen LogP contribution in [0.4, 0.5) is 0 Å². The van der Waals surface area contributed by atoms with Crippen LogP contribution in [-0.2, 0) is 0 Å². The minimum absolute atomic E-state index is 0.632. The zero-order valence-corrected chi connectivity index (χ0v) is 15.6. The van der Waals surface area contributed by atoms with Gasteiger partial charge in [0.1, 0.15) is 0 Å². The van der Waals surface area contributed by atoms with Crippen molar-refractivity contribution in [1.82, 2.24) is 4.98 Å². The summed E-state index contributed by atoms with van der Waals surface area (Å²) in [5.41, 5.74) is 4.29.